The van der Waals surface area contributed by atoms with Crippen LogP contribution >= 0.6 is 22.7 Å². The molecule has 0 radical (unpaired) electrons. The highest BCUT2D eigenvalue weighted by atomic mass is 32.1. The number of nitrogens with zero attached hydrogens (tertiary/aromatic N) is 3. The zero-order valence-corrected chi connectivity index (χ0v) is 19.7. The van der Waals surface area contributed by atoms with Gasteiger partial charge >= 0.3 is 0 Å². The van der Waals surface area contributed by atoms with Gasteiger partial charge in [-0.25, -0.2) is 4.98 Å². The molecule has 1 N–H and O–H groups in total. The highest BCUT2D eigenvalue weighted by molar-refractivity contribution is 7.18. The molecule has 0 fully saturated rings. The first-order valence-corrected chi connectivity index (χ1v) is 11.6. The average molecular weight is 467 g/mol. The van der Waals surface area contributed by atoms with Crippen LogP contribution in [0.15, 0.2) is 47.8 Å². The molecule has 32 heavy (non-hydrogen) atoms. The Morgan fingerprint density at radius 1 is 1.00 bits per heavy atom. The molecule has 0 aliphatic rings. The third kappa shape index (κ3) is 4.49. The quantitative estimate of drug-likeness (QED) is 0.375. The second-order valence-electron chi connectivity index (χ2n) is 7.22. The Bertz CT molecular complexity index is 1230. The zero-order chi connectivity index (χ0) is 22.7. The summed E-state index contributed by atoms with van der Waals surface area (Å²) >= 11 is 2.68. The average Bonchev–Trinajstić information content (AvgIpc) is 3.48. The van der Waals surface area contributed by atoms with E-state index in [0.29, 0.717) is 33.3 Å². The van der Waals surface area contributed by atoms with Crippen LogP contribution < -0.4 is 14.8 Å². The zero-order valence-electron chi connectivity index (χ0n) is 18.1. The van der Waals surface area contributed by atoms with Gasteiger partial charge in [-0.15, -0.1) is 21.5 Å². The second-order valence-corrected chi connectivity index (χ2v) is 9.06. The van der Waals surface area contributed by atoms with E-state index >= 15 is 0 Å². The molecule has 9 heteroatoms. The number of carbonyl (C=O) groups excluding carboxylic acids is 1. The first-order valence-electron chi connectivity index (χ1n) is 9.92. The van der Waals surface area contributed by atoms with E-state index in [1.165, 1.54) is 28.2 Å². The molecule has 0 saturated carbocycles. The van der Waals surface area contributed by atoms with Crippen molar-refractivity contribution in [1.82, 2.24) is 15.2 Å². The van der Waals surface area contributed by atoms with Crippen molar-refractivity contribution >= 4 is 33.7 Å². The highest BCUT2D eigenvalue weighted by Crippen LogP contribution is 2.39. The van der Waals surface area contributed by atoms with Crippen LogP contribution in [-0.2, 0) is 0 Å². The lowest BCUT2D eigenvalue weighted by Crippen LogP contribution is -2.12. The summed E-state index contributed by atoms with van der Waals surface area (Å²) in [5.41, 5.74) is 3.29. The number of hydrogen-bond donors (Lipinski definition) is 1. The topological polar surface area (TPSA) is 86.2 Å². The molecule has 0 atom stereocenters. The molecule has 164 valence electrons. The number of amides is 1. The minimum absolute atomic E-state index is 0.299. The first kappa shape index (κ1) is 21.9. The Hall–Kier alpha value is -3.30. The van der Waals surface area contributed by atoms with Gasteiger partial charge in [-0.1, -0.05) is 55.5 Å². The maximum atomic E-state index is 12.7. The van der Waals surface area contributed by atoms with Gasteiger partial charge in [0.25, 0.3) is 5.91 Å². The number of anilines is 1. The minimum Gasteiger partial charge on any atom is -0.493 e. The molecule has 4 aromatic rings. The van der Waals surface area contributed by atoms with Crippen LogP contribution in [0.2, 0.25) is 0 Å². The number of para-hydroxylation sites is 1. The minimum atomic E-state index is -0.341. The van der Waals surface area contributed by atoms with Crippen LogP contribution in [0.4, 0.5) is 5.13 Å². The maximum absolute atomic E-state index is 12.7. The fourth-order valence-corrected chi connectivity index (χ4v) is 4.69. The van der Waals surface area contributed by atoms with Crippen molar-refractivity contribution in [3.05, 3.63) is 59.1 Å². The molecule has 1 amide bonds. The molecule has 4 rings (SSSR count). The van der Waals surface area contributed by atoms with Gasteiger partial charge in [0.1, 0.15) is 15.7 Å². The molecule has 2 aromatic carbocycles. The number of aromatic nitrogens is 3. The summed E-state index contributed by atoms with van der Waals surface area (Å²) in [4.78, 5) is 17.2. The van der Waals surface area contributed by atoms with Crippen molar-refractivity contribution in [1.29, 1.82) is 0 Å². The van der Waals surface area contributed by atoms with E-state index in [0.717, 1.165) is 16.1 Å². The Labute approximate surface area is 194 Å². The largest absolute Gasteiger partial charge is 0.493 e. The van der Waals surface area contributed by atoms with Gasteiger partial charge in [0.2, 0.25) is 5.13 Å². The fourth-order valence-electron chi connectivity index (χ4n) is 3.12. The van der Waals surface area contributed by atoms with Gasteiger partial charge in [-0.3, -0.25) is 10.1 Å². The summed E-state index contributed by atoms with van der Waals surface area (Å²) in [5, 5.41) is 14.6. The molecule has 0 saturated heterocycles. The molecule has 0 spiro atoms. The van der Waals surface area contributed by atoms with Crippen molar-refractivity contribution in [2.75, 3.05) is 19.5 Å². The lowest BCUT2D eigenvalue weighted by Gasteiger charge is -2.10. The summed E-state index contributed by atoms with van der Waals surface area (Å²) in [6.45, 7) is 4.31. The Morgan fingerprint density at radius 3 is 2.47 bits per heavy atom. The normalized spacial score (nSPS) is 10.9. The van der Waals surface area contributed by atoms with Gasteiger partial charge in [0, 0.05) is 10.9 Å². The first-order chi connectivity index (χ1) is 15.5. The standard InChI is InChI=1S/C23H22N4O3S2/c1-13(2)14-8-10-15(11-9-14)21-26-27-23(32-21)25-20(28)17-12-31-22(24-17)16-6-5-7-18(29-3)19(16)30-4/h5-13H,1-4H3,(H,25,27,28). The smallest absolute Gasteiger partial charge is 0.276 e. The molecule has 0 bridgehead atoms. The highest BCUT2D eigenvalue weighted by Gasteiger charge is 2.18. The molecular weight excluding hydrogens is 444 g/mol. The van der Waals surface area contributed by atoms with Crippen LogP contribution in [0.5, 0.6) is 11.5 Å². The number of hydrogen-bond acceptors (Lipinski definition) is 8. The van der Waals surface area contributed by atoms with E-state index in [1.807, 2.05) is 30.3 Å². The number of methoxy groups -OCH3 is 2. The van der Waals surface area contributed by atoms with Crippen molar-refractivity contribution in [3.8, 4) is 32.6 Å². The maximum Gasteiger partial charge on any atom is 0.276 e. The van der Waals surface area contributed by atoms with Crippen LogP contribution in [0.25, 0.3) is 21.1 Å². The third-order valence-corrected chi connectivity index (χ3v) is 6.60. The SMILES string of the molecule is COc1cccc(-c2nc(C(=O)Nc3nnc(-c4ccc(C(C)C)cc4)s3)cs2)c1OC. The second kappa shape index (κ2) is 9.46. The van der Waals surface area contributed by atoms with Crippen LogP contribution in [0.1, 0.15) is 35.8 Å². The van der Waals surface area contributed by atoms with Gasteiger partial charge in [-0.05, 0) is 23.6 Å². The summed E-state index contributed by atoms with van der Waals surface area (Å²) in [5.74, 6) is 1.31. The lowest BCUT2D eigenvalue weighted by atomic mass is 10.0. The predicted octanol–water partition coefficient (Wildman–Crippen LogP) is 5.72. The molecule has 7 nitrogen and oxygen atoms in total. The van der Waals surface area contributed by atoms with E-state index in [2.05, 4.69) is 46.5 Å². The van der Waals surface area contributed by atoms with E-state index in [-0.39, 0.29) is 5.91 Å². The number of rotatable bonds is 7. The van der Waals surface area contributed by atoms with Crippen LogP contribution in [0, 0.1) is 0 Å². The number of carbonyl (C=O) groups is 1. The van der Waals surface area contributed by atoms with Gasteiger partial charge < -0.3 is 9.47 Å². The number of thiazole rings is 1. The summed E-state index contributed by atoms with van der Waals surface area (Å²) in [6, 6.07) is 13.8. The van der Waals surface area contributed by atoms with Crippen molar-refractivity contribution in [2.45, 2.75) is 19.8 Å². The van der Waals surface area contributed by atoms with Crippen LogP contribution in [0.3, 0.4) is 0 Å². The van der Waals surface area contributed by atoms with Gasteiger partial charge in [-0.2, -0.15) is 0 Å². The number of ether oxygens (including phenoxy) is 2. The van der Waals surface area contributed by atoms with Crippen molar-refractivity contribution in [3.63, 3.8) is 0 Å². The predicted molar refractivity (Wildman–Crippen MR) is 128 cm³/mol. The Kier molecular flexibility index (Phi) is 6.48. The Morgan fingerprint density at radius 2 is 1.78 bits per heavy atom. The summed E-state index contributed by atoms with van der Waals surface area (Å²) < 4.78 is 10.8. The lowest BCUT2D eigenvalue weighted by molar-refractivity contribution is 0.102. The van der Waals surface area contributed by atoms with Gasteiger partial charge in [0.05, 0.1) is 19.8 Å². The monoisotopic (exact) mass is 466 g/mol. The van der Waals surface area contributed by atoms with E-state index in [1.54, 1.807) is 19.6 Å². The summed E-state index contributed by atoms with van der Waals surface area (Å²) in [6.07, 6.45) is 0. The van der Waals surface area contributed by atoms with E-state index in [9.17, 15) is 4.79 Å². The Balaban J connectivity index is 1.50. The molecular formula is C23H22N4O3S2. The van der Waals surface area contributed by atoms with E-state index < -0.39 is 0 Å². The molecule has 0 aliphatic carbocycles. The molecule has 2 aromatic heterocycles. The van der Waals surface area contributed by atoms with E-state index in [4.69, 9.17) is 9.47 Å². The summed E-state index contributed by atoms with van der Waals surface area (Å²) in [7, 11) is 3.16. The van der Waals surface area contributed by atoms with Gasteiger partial charge in [0.15, 0.2) is 11.5 Å². The van der Waals surface area contributed by atoms with Crippen LogP contribution in [-0.4, -0.2) is 35.3 Å². The molecule has 0 unspecified atom stereocenters. The molecule has 2 heterocycles. The number of nitrogens with one attached hydrogen (secondary N) is 1. The molecule has 0 aliphatic heterocycles. The third-order valence-electron chi connectivity index (χ3n) is 4.84. The van der Waals surface area contributed by atoms with Crippen molar-refractivity contribution in [2.24, 2.45) is 0 Å². The van der Waals surface area contributed by atoms with Crippen molar-refractivity contribution < 1.29 is 14.3 Å². The fraction of sp³-hybridized carbons (Fsp3) is 0.217. The number of benzene rings is 2.